The lowest BCUT2D eigenvalue weighted by Crippen LogP contribution is -2.25. The van der Waals surface area contributed by atoms with E-state index in [-0.39, 0.29) is 23.0 Å². The van der Waals surface area contributed by atoms with Gasteiger partial charge in [-0.05, 0) is 68.5 Å². The van der Waals surface area contributed by atoms with Crippen molar-refractivity contribution in [2.75, 3.05) is 10.6 Å². The summed E-state index contributed by atoms with van der Waals surface area (Å²) in [4.78, 5) is 26.4. The van der Waals surface area contributed by atoms with E-state index in [1.54, 1.807) is 0 Å². The van der Waals surface area contributed by atoms with Crippen molar-refractivity contribution in [1.82, 2.24) is 0 Å². The molecule has 1 aliphatic rings. The van der Waals surface area contributed by atoms with Crippen molar-refractivity contribution in [3.63, 3.8) is 0 Å². The Morgan fingerprint density at radius 2 is 1.80 bits per heavy atom. The Balaban J connectivity index is 1.63. The van der Waals surface area contributed by atoms with E-state index in [1.165, 1.54) is 18.2 Å². The molecular weight excluding hydrogens is 392 g/mol. The minimum atomic E-state index is -0.200. The van der Waals surface area contributed by atoms with Crippen LogP contribution in [0.1, 0.15) is 56.6 Å². The highest BCUT2D eigenvalue weighted by molar-refractivity contribution is 8.00. The largest absolute Gasteiger partial charge is 0.326 e. The fraction of sp³-hybridized carbons (Fsp3) is 0.440. The standard InChI is InChI=1S/C25H32N2O2S/c1-4-23(25(29)27-22-15-17(2)13-14-18(22)3)30-21-12-8-11-20(16-21)26-24(28)19-9-6-5-7-10-19/h8,11-16,19,23H,4-7,9-10H2,1-3H3,(H,26,28)(H,27,29). The molecule has 0 saturated heterocycles. The molecule has 1 unspecified atom stereocenters. The molecule has 0 bridgehead atoms. The van der Waals surface area contributed by atoms with Gasteiger partial charge in [0.05, 0.1) is 5.25 Å². The monoisotopic (exact) mass is 424 g/mol. The van der Waals surface area contributed by atoms with Gasteiger partial charge in [-0.2, -0.15) is 0 Å². The first-order valence-electron chi connectivity index (χ1n) is 10.9. The number of hydrogen-bond donors (Lipinski definition) is 2. The van der Waals surface area contributed by atoms with E-state index in [9.17, 15) is 9.59 Å². The van der Waals surface area contributed by atoms with Crippen LogP contribution in [-0.2, 0) is 9.59 Å². The number of rotatable bonds is 7. The van der Waals surface area contributed by atoms with Crippen LogP contribution >= 0.6 is 11.8 Å². The van der Waals surface area contributed by atoms with Crippen molar-refractivity contribution in [2.45, 2.75) is 69.4 Å². The molecule has 2 amide bonds. The zero-order valence-electron chi connectivity index (χ0n) is 18.2. The summed E-state index contributed by atoms with van der Waals surface area (Å²) >= 11 is 1.54. The first kappa shape index (κ1) is 22.4. The van der Waals surface area contributed by atoms with Gasteiger partial charge in [0.2, 0.25) is 11.8 Å². The Hall–Kier alpha value is -2.27. The molecule has 1 aliphatic carbocycles. The van der Waals surface area contributed by atoms with Crippen LogP contribution in [0.25, 0.3) is 0 Å². The van der Waals surface area contributed by atoms with Crippen molar-refractivity contribution in [1.29, 1.82) is 0 Å². The lowest BCUT2D eigenvalue weighted by molar-refractivity contribution is -0.120. The van der Waals surface area contributed by atoms with Crippen LogP contribution in [-0.4, -0.2) is 17.1 Å². The Morgan fingerprint density at radius 1 is 1.03 bits per heavy atom. The first-order chi connectivity index (χ1) is 14.5. The van der Waals surface area contributed by atoms with E-state index < -0.39 is 0 Å². The second kappa shape index (κ2) is 10.7. The van der Waals surface area contributed by atoms with Gasteiger partial charge < -0.3 is 10.6 Å². The molecule has 160 valence electrons. The molecule has 1 saturated carbocycles. The Bertz CT molecular complexity index is 890. The summed E-state index contributed by atoms with van der Waals surface area (Å²) in [5.74, 6) is 0.256. The predicted molar refractivity (Wildman–Crippen MR) is 126 cm³/mol. The molecule has 4 nitrogen and oxygen atoms in total. The Morgan fingerprint density at radius 3 is 2.53 bits per heavy atom. The summed E-state index contributed by atoms with van der Waals surface area (Å²) in [6.07, 6.45) is 6.20. The van der Waals surface area contributed by atoms with Crippen LogP contribution in [0, 0.1) is 19.8 Å². The molecule has 0 aliphatic heterocycles. The second-order valence-electron chi connectivity index (χ2n) is 8.17. The average Bonchev–Trinajstić information content (AvgIpc) is 2.75. The number of carbonyl (C=O) groups is 2. The van der Waals surface area contributed by atoms with Gasteiger partial charge in [0.1, 0.15) is 0 Å². The van der Waals surface area contributed by atoms with E-state index in [0.29, 0.717) is 0 Å². The summed E-state index contributed by atoms with van der Waals surface area (Å²) in [5, 5.41) is 5.96. The Kier molecular flexibility index (Phi) is 7.97. The number of aryl methyl sites for hydroxylation is 2. The van der Waals surface area contributed by atoms with Gasteiger partial charge in [-0.25, -0.2) is 0 Å². The number of benzene rings is 2. The second-order valence-corrected chi connectivity index (χ2v) is 9.45. The summed E-state index contributed by atoms with van der Waals surface area (Å²) in [6, 6.07) is 13.9. The molecule has 2 N–H and O–H groups in total. The SMILES string of the molecule is CCC(Sc1cccc(NC(=O)C2CCCCC2)c1)C(=O)Nc1cc(C)ccc1C. The molecule has 0 heterocycles. The fourth-order valence-corrected chi connectivity index (χ4v) is 4.84. The first-order valence-corrected chi connectivity index (χ1v) is 11.8. The highest BCUT2D eigenvalue weighted by atomic mass is 32.2. The van der Waals surface area contributed by atoms with E-state index in [4.69, 9.17) is 0 Å². The van der Waals surface area contributed by atoms with Gasteiger partial charge in [-0.3, -0.25) is 9.59 Å². The number of nitrogens with one attached hydrogen (secondary N) is 2. The Labute approximate surface area is 184 Å². The van der Waals surface area contributed by atoms with Crippen LogP contribution in [0.5, 0.6) is 0 Å². The van der Waals surface area contributed by atoms with Gasteiger partial charge in [0.25, 0.3) is 0 Å². The lowest BCUT2D eigenvalue weighted by atomic mass is 9.88. The third-order valence-corrected chi connectivity index (χ3v) is 7.03. The minimum absolute atomic E-state index is 0.00726. The zero-order valence-corrected chi connectivity index (χ0v) is 19.0. The van der Waals surface area contributed by atoms with Gasteiger partial charge in [-0.1, -0.05) is 44.4 Å². The van der Waals surface area contributed by atoms with Crippen molar-refractivity contribution in [2.24, 2.45) is 5.92 Å². The molecule has 0 radical (unpaired) electrons. The summed E-state index contributed by atoms with van der Waals surface area (Å²) < 4.78 is 0. The maximum Gasteiger partial charge on any atom is 0.237 e. The quantitative estimate of drug-likeness (QED) is 0.511. The third kappa shape index (κ3) is 6.11. The molecular formula is C25H32N2O2S. The molecule has 0 aromatic heterocycles. The van der Waals surface area contributed by atoms with E-state index >= 15 is 0 Å². The number of amides is 2. The number of carbonyl (C=O) groups excluding carboxylic acids is 2. The molecule has 3 rings (SSSR count). The maximum atomic E-state index is 12.9. The average molecular weight is 425 g/mol. The highest BCUT2D eigenvalue weighted by Crippen LogP contribution is 2.30. The summed E-state index contributed by atoms with van der Waals surface area (Å²) in [5.41, 5.74) is 3.85. The molecule has 1 atom stereocenters. The number of hydrogen-bond acceptors (Lipinski definition) is 3. The molecule has 5 heteroatoms. The third-order valence-electron chi connectivity index (χ3n) is 5.67. The normalized spacial score (nSPS) is 15.4. The smallest absolute Gasteiger partial charge is 0.237 e. The fourth-order valence-electron chi connectivity index (χ4n) is 3.83. The van der Waals surface area contributed by atoms with Crippen LogP contribution in [0.4, 0.5) is 11.4 Å². The topological polar surface area (TPSA) is 58.2 Å². The van der Waals surface area contributed by atoms with Crippen LogP contribution in [0.2, 0.25) is 0 Å². The lowest BCUT2D eigenvalue weighted by Gasteiger charge is -2.21. The highest BCUT2D eigenvalue weighted by Gasteiger charge is 2.22. The van der Waals surface area contributed by atoms with Crippen molar-refractivity contribution < 1.29 is 9.59 Å². The van der Waals surface area contributed by atoms with Gasteiger partial charge >= 0.3 is 0 Å². The van der Waals surface area contributed by atoms with E-state index in [1.807, 2.05) is 63.2 Å². The van der Waals surface area contributed by atoms with Crippen molar-refractivity contribution in [3.05, 3.63) is 53.6 Å². The van der Waals surface area contributed by atoms with Crippen molar-refractivity contribution in [3.8, 4) is 0 Å². The number of thioether (sulfide) groups is 1. The summed E-state index contributed by atoms with van der Waals surface area (Å²) in [7, 11) is 0. The maximum absolute atomic E-state index is 12.9. The van der Waals surface area contributed by atoms with Crippen LogP contribution < -0.4 is 10.6 Å². The van der Waals surface area contributed by atoms with Crippen molar-refractivity contribution >= 4 is 35.0 Å². The molecule has 1 fully saturated rings. The predicted octanol–water partition coefficient (Wildman–Crippen LogP) is 6.33. The van der Waals surface area contributed by atoms with Crippen LogP contribution in [0.3, 0.4) is 0 Å². The van der Waals surface area contributed by atoms with E-state index in [0.717, 1.165) is 59.5 Å². The molecule has 0 spiro atoms. The minimum Gasteiger partial charge on any atom is -0.326 e. The van der Waals surface area contributed by atoms with Gasteiger partial charge in [0.15, 0.2) is 0 Å². The number of anilines is 2. The van der Waals surface area contributed by atoms with Gasteiger partial charge in [0, 0.05) is 22.2 Å². The molecule has 2 aromatic carbocycles. The summed E-state index contributed by atoms with van der Waals surface area (Å²) in [6.45, 7) is 6.05. The molecule has 30 heavy (non-hydrogen) atoms. The van der Waals surface area contributed by atoms with Gasteiger partial charge in [-0.15, -0.1) is 11.8 Å². The van der Waals surface area contributed by atoms with E-state index in [2.05, 4.69) is 10.6 Å². The zero-order chi connectivity index (χ0) is 21.5. The molecule has 2 aromatic rings. The van der Waals surface area contributed by atoms with Crippen LogP contribution in [0.15, 0.2) is 47.4 Å².